The highest BCUT2D eigenvalue weighted by Gasteiger charge is 1.89. The molecule has 6 heteroatoms. The molecule has 2 heterocycles. The molecule has 2 aromatic heterocycles. The van der Waals surface area contributed by atoms with Crippen molar-refractivity contribution in [3.63, 3.8) is 0 Å². The minimum absolute atomic E-state index is 0.779. The minimum Gasteiger partial charge on any atom is -0.308 e. The highest BCUT2D eigenvalue weighted by molar-refractivity contribution is 4.84. The molecular formula is C8H12N6. The standard InChI is InChI=1S/C8H12N6/c1-3-9-13(7-1)11-5-6-12-14-8-2-4-10-14/h1-4,7-8,11-12H,5-6H2. The van der Waals surface area contributed by atoms with Crippen molar-refractivity contribution in [3.8, 4) is 0 Å². The zero-order valence-electron chi connectivity index (χ0n) is 7.67. The van der Waals surface area contributed by atoms with Crippen molar-refractivity contribution in [1.82, 2.24) is 19.8 Å². The van der Waals surface area contributed by atoms with Gasteiger partial charge >= 0.3 is 0 Å². The molecule has 2 rings (SSSR count). The summed E-state index contributed by atoms with van der Waals surface area (Å²) in [6.45, 7) is 1.56. The van der Waals surface area contributed by atoms with Crippen molar-refractivity contribution < 1.29 is 0 Å². The number of hydrogen-bond donors (Lipinski definition) is 2. The van der Waals surface area contributed by atoms with Gasteiger partial charge in [0, 0.05) is 12.4 Å². The fraction of sp³-hybridized carbons (Fsp3) is 0.250. The summed E-state index contributed by atoms with van der Waals surface area (Å²) in [7, 11) is 0. The van der Waals surface area contributed by atoms with Crippen molar-refractivity contribution in [2.24, 2.45) is 0 Å². The Morgan fingerprint density at radius 1 is 0.857 bits per heavy atom. The van der Waals surface area contributed by atoms with Crippen LogP contribution in [0.4, 0.5) is 0 Å². The predicted octanol–water partition coefficient (Wildman–Crippen LogP) is -0.133. The van der Waals surface area contributed by atoms with E-state index < -0.39 is 0 Å². The average molecular weight is 192 g/mol. The van der Waals surface area contributed by atoms with E-state index >= 15 is 0 Å². The van der Waals surface area contributed by atoms with E-state index in [0.29, 0.717) is 0 Å². The van der Waals surface area contributed by atoms with Crippen molar-refractivity contribution in [2.75, 3.05) is 23.9 Å². The quantitative estimate of drug-likeness (QED) is 0.648. The third-order valence-corrected chi connectivity index (χ3v) is 1.68. The normalized spacial score (nSPS) is 10.0. The molecule has 0 radical (unpaired) electrons. The molecule has 0 aliphatic heterocycles. The van der Waals surface area contributed by atoms with Crippen LogP contribution in [-0.4, -0.2) is 32.9 Å². The molecule has 0 aliphatic rings. The summed E-state index contributed by atoms with van der Waals surface area (Å²) in [6.07, 6.45) is 7.17. The van der Waals surface area contributed by atoms with E-state index in [4.69, 9.17) is 0 Å². The van der Waals surface area contributed by atoms with Gasteiger partial charge in [0.25, 0.3) is 0 Å². The van der Waals surface area contributed by atoms with Crippen LogP contribution in [-0.2, 0) is 0 Å². The van der Waals surface area contributed by atoms with E-state index in [1.807, 2.05) is 24.5 Å². The smallest absolute Gasteiger partial charge is 0.0519 e. The zero-order chi connectivity index (χ0) is 9.64. The second-order valence-electron chi connectivity index (χ2n) is 2.72. The number of hydrogen-bond acceptors (Lipinski definition) is 4. The first-order valence-electron chi connectivity index (χ1n) is 4.42. The molecule has 2 N–H and O–H groups in total. The Balaban J connectivity index is 1.65. The van der Waals surface area contributed by atoms with E-state index in [0.717, 1.165) is 13.1 Å². The van der Waals surface area contributed by atoms with Gasteiger partial charge in [-0.15, -0.1) is 0 Å². The molecule has 0 bridgehead atoms. The van der Waals surface area contributed by atoms with Gasteiger partial charge in [-0.2, -0.15) is 19.8 Å². The maximum Gasteiger partial charge on any atom is 0.0519 e. The molecule has 0 saturated heterocycles. The van der Waals surface area contributed by atoms with Gasteiger partial charge in [-0.3, -0.25) is 0 Å². The molecule has 0 aromatic carbocycles. The summed E-state index contributed by atoms with van der Waals surface area (Å²) in [5.41, 5.74) is 6.18. The molecular weight excluding hydrogens is 180 g/mol. The summed E-state index contributed by atoms with van der Waals surface area (Å²) in [5, 5.41) is 8.01. The van der Waals surface area contributed by atoms with Gasteiger partial charge in [0.2, 0.25) is 0 Å². The highest BCUT2D eigenvalue weighted by atomic mass is 15.6. The molecule has 74 valence electrons. The first-order valence-corrected chi connectivity index (χ1v) is 4.42. The van der Waals surface area contributed by atoms with Crippen LogP contribution in [0.2, 0.25) is 0 Å². The van der Waals surface area contributed by atoms with Gasteiger partial charge < -0.3 is 10.9 Å². The summed E-state index contributed by atoms with van der Waals surface area (Å²) >= 11 is 0. The molecule has 2 aromatic rings. The van der Waals surface area contributed by atoms with Gasteiger partial charge in [-0.05, 0) is 12.1 Å². The van der Waals surface area contributed by atoms with Crippen LogP contribution >= 0.6 is 0 Å². The van der Waals surface area contributed by atoms with Crippen LogP contribution in [0.3, 0.4) is 0 Å². The maximum atomic E-state index is 4.01. The maximum absolute atomic E-state index is 4.01. The van der Waals surface area contributed by atoms with Gasteiger partial charge in [0.15, 0.2) is 0 Å². The SMILES string of the molecule is c1cnn(NCCNn2cccn2)c1. The lowest BCUT2D eigenvalue weighted by atomic mass is 10.7. The molecule has 0 spiro atoms. The van der Waals surface area contributed by atoms with Crippen LogP contribution in [0.15, 0.2) is 36.9 Å². The minimum atomic E-state index is 0.779. The third-order valence-electron chi connectivity index (χ3n) is 1.68. The van der Waals surface area contributed by atoms with Crippen LogP contribution in [0.25, 0.3) is 0 Å². The largest absolute Gasteiger partial charge is 0.308 e. The molecule has 0 fully saturated rings. The molecule has 14 heavy (non-hydrogen) atoms. The van der Waals surface area contributed by atoms with Gasteiger partial charge in [-0.25, -0.2) is 0 Å². The topological polar surface area (TPSA) is 59.7 Å². The highest BCUT2D eigenvalue weighted by Crippen LogP contribution is 1.79. The number of nitrogens with one attached hydrogen (secondary N) is 2. The van der Waals surface area contributed by atoms with Gasteiger partial charge in [-0.1, -0.05) is 0 Å². The second-order valence-corrected chi connectivity index (χ2v) is 2.72. The monoisotopic (exact) mass is 192 g/mol. The summed E-state index contributed by atoms with van der Waals surface area (Å²) in [6, 6.07) is 3.74. The molecule has 0 atom stereocenters. The third kappa shape index (κ3) is 2.25. The lowest BCUT2D eigenvalue weighted by Crippen LogP contribution is -2.26. The van der Waals surface area contributed by atoms with E-state index in [-0.39, 0.29) is 0 Å². The molecule has 0 amide bonds. The lowest BCUT2D eigenvalue weighted by Gasteiger charge is -2.07. The molecule has 0 aliphatic carbocycles. The van der Waals surface area contributed by atoms with Crippen molar-refractivity contribution in [3.05, 3.63) is 36.9 Å². The summed E-state index contributed by atoms with van der Waals surface area (Å²) in [4.78, 5) is 3.34. The van der Waals surface area contributed by atoms with Crippen molar-refractivity contribution in [1.29, 1.82) is 0 Å². The Bertz CT molecular complexity index is 302. The van der Waals surface area contributed by atoms with E-state index in [2.05, 4.69) is 21.0 Å². The first-order chi connectivity index (χ1) is 6.95. The van der Waals surface area contributed by atoms with Crippen LogP contribution in [0.1, 0.15) is 0 Å². The van der Waals surface area contributed by atoms with Gasteiger partial charge in [0.1, 0.15) is 0 Å². The van der Waals surface area contributed by atoms with E-state index in [1.54, 1.807) is 22.0 Å². The summed E-state index contributed by atoms with van der Waals surface area (Å²) < 4.78 is 0. The number of aromatic nitrogens is 4. The lowest BCUT2D eigenvalue weighted by molar-refractivity contribution is 0.691. The van der Waals surface area contributed by atoms with Gasteiger partial charge in [0.05, 0.1) is 25.5 Å². The zero-order valence-corrected chi connectivity index (χ0v) is 7.67. The Labute approximate surface area is 81.5 Å². The number of nitrogens with zero attached hydrogens (tertiary/aromatic N) is 4. The summed E-state index contributed by atoms with van der Waals surface area (Å²) in [5.74, 6) is 0. The average Bonchev–Trinajstić information content (AvgIpc) is 2.86. The fourth-order valence-electron chi connectivity index (χ4n) is 1.07. The second kappa shape index (κ2) is 4.31. The molecule has 0 unspecified atom stereocenters. The van der Waals surface area contributed by atoms with E-state index in [1.165, 1.54) is 0 Å². The van der Waals surface area contributed by atoms with Crippen molar-refractivity contribution >= 4 is 0 Å². The van der Waals surface area contributed by atoms with Crippen molar-refractivity contribution in [2.45, 2.75) is 0 Å². The van der Waals surface area contributed by atoms with Crippen LogP contribution in [0.5, 0.6) is 0 Å². The fourth-order valence-corrected chi connectivity index (χ4v) is 1.07. The Morgan fingerprint density at radius 2 is 1.36 bits per heavy atom. The predicted molar refractivity (Wildman–Crippen MR) is 52.9 cm³/mol. The Morgan fingerprint density at radius 3 is 1.71 bits per heavy atom. The Kier molecular flexibility index (Phi) is 2.65. The van der Waals surface area contributed by atoms with E-state index in [9.17, 15) is 0 Å². The Hall–Kier alpha value is -1.98. The molecule has 0 saturated carbocycles. The first kappa shape index (κ1) is 8.61. The van der Waals surface area contributed by atoms with Crippen LogP contribution < -0.4 is 10.9 Å². The molecule has 6 nitrogen and oxygen atoms in total. The number of rotatable bonds is 5. The van der Waals surface area contributed by atoms with Crippen LogP contribution in [0, 0.1) is 0 Å².